The number of aromatic nitrogens is 1. The normalized spacial score (nSPS) is 10.8. The molecule has 1 aromatic heterocycles. The molecule has 0 aliphatic rings. The molecule has 0 bridgehead atoms. The van der Waals surface area contributed by atoms with Gasteiger partial charge in [-0.15, -0.1) is 0 Å². The second-order valence-electron chi connectivity index (χ2n) is 4.68. The molecule has 1 heterocycles. The quantitative estimate of drug-likeness (QED) is 0.719. The first-order valence-electron chi connectivity index (χ1n) is 6.29. The van der Waals surface area contributed by atoms with Gasteiger partial charge in [-0.3, -0.25) is 0 Å². The monoisotopic (exact) mass is 254 g/mol. The van der Waals surface area contributed by atoms with Crippen molar-refractivity contribution in [3.8, 4) is 0 Å². The van der Waals surface area contributed by atoms with Gasteiger partial charge in [-0.05, 0) is 47.7 Å². The molecule has 19 heavy (non-hydrogen) atoms. The van der Waals surface area contributed by atoms with E-state index in [1.165, 1.54) is 11.5 Å². The molecule has 2 N–H and O–H groups in total. The van der Waals surface area contributed by atoms with Crippen molar-refractivity contribution in [3.05, 3.63) is 65.6 Å². The van der Waals surface area contributed by atoms with Crippen LogP contribution in [0, 0.1) is 12.7 Å². The molecule has 3 aromatic rings. The van der Waals surface area contributed by atoms with E-state index in [1.54, 1.807) is 6.07 Å². The Labute approximate surface area is 111 Å². The average molecular weight is 254 g/mol. The molecule has 0 amide bonds. The average Bonchev–Trinajstić information content (AvgIpc) is 2.85. The van der Waals surface area contributed by atoms with Crippen LogP contribution in [0.1, 0.15) is 11.1 Å². The number of fused-ring (bicyclic) bond motifs is 1. The third kappa shape index (κ3) is 2.32. The van der Waals surface area contributed by atoms with E-state index in [4.69, 9.17) is 0 Å². The highest BCUT2D eigenvalue weighted by molar-refractivity contribution is 5.80. The largest absolute Gasteiger partial charge is 0.378 e. The van der Waals surface area contributed by atoms with Crippen molar-refractivity contribution in [1.29, 1.82) is 0 Å². The van der Waals surface area contributed by atoms with E-state index in [1.807, 2.05) is 37.4 Å². The Morgan fingerprint density at radius 1 is 1.16 bits per heavy atom. The highest BCUT2D eigenvalue weighted by Crippen LogP contribution is 2.20. The highest BCUT2D eigenvalue weighted by Gasteiger charge is 2.04. The van der Waals surface area contributed by atoms with Crippen molar-refractivity contribution in [2.24, 2.45) is 0 Å². The van der Waals surface area contributed by atoms with Crippen molar-refractivity contribution < 1.29 is 4.39 Å². The standard InChI is InChI=1S/C16H15FN2/c1-11-3-2-4-14(17)16(11)19-10-12-5-6-15-13(9-12)7-8-18-15/h2-9,18-19H,10H2,1H3. The molecule has 3 heteroatoms. The predicted octanol–water partition coefficient (Wildman–Crippen LogP) is 4.23. The Morgan fingerprint density at radius 2 is 2.05 bits per heavy atom. The van der Waals surface area contributed by atoms with Crippen molar-refractivity contribution in [2.45, 2.75) is 13.5 Å². The summed E-state index contributed by atoms with van der Waals surface area (Å²) in [7, 11) is 0. The first kappa shape index (κ1) is 11.8. The summed E-state index contributed by atoms with van der Waals surface area (Å²) in [4.78, 5) is 3.16. The number of hydrogen-bond donors (Lipinski definition) is 2. The van der Waals surface area contributed by atoms with Crippen LogP contribution in [0.3, 0.4) is 0 Å². The van der Waals surface area contributed by atoms with Crippen LogP contribution < -0.4 is 5.32 Å². The minimum atomic E-state index is -0.206. The number of aromatic amines is 1. The molecule has 0 unspecified atom stereocenters. The van der Waals surface area contributed by atoms with Crippen molar-refractivity contribution >= 4 is 16.6 Å². The molecule has 0 saturated carbocycles. The maximum atomic E-state index is 13.7. The van der Waals surface area contributed by atoms with Gasteiger partial charge in [-0.25, -0.2) is 4.39 Å². The fraction of sp³-hybridized carbons (Fsp3) is 0.125. The fourth-order valence-electron chi connectivity index (χ4n) is 2.26. The Balaban J connectivity index is 1.82. The van der Waals surface area contributed by atoms with Crippen molar-refractivity contribution in [1.82, 2.24) is 4.98 Å². The maximum absolute atomic E-state index is 13.7. The molecule has 96 valence electrons. The SMILES string of the molecule is Cc1cccc(F)c1NCc1ccc2[nH]ccc2c1. The topological polar surface area (TPSA) is 27.8 Å². The summed E-state index contributed by atoms with van der Waals surface area (Å²) in [5.41, 5.74) is 3.75. The molecule has 0 saturated heterocycles. The van der Waals surface area contributed by atoms with E-state index in [9.17, 15) is 4.39 Å². The lowest BCUT2D eigenvalue weighted by Crippen LogP contribution is -2.03. The van der Waals surface area contributed by atoms with Crippen LogP contribution in [0.15, 0.2) is 48.7 Å². The predicted molar refractivity (Wildman–Crippen MR) is 76.8 cm³/mol. The maximum Gasteiger partial charge on any atom is 0.146 e. The minimum Gasteiger partial charge on any atom is -0.378 e. The number of nitrogens with one attached hydrogen (secondary N) is 2. The van der Waals surface area contributed by atoms with Gasteiger partial charge in [-0.2, -0.15) is 0 Å². The first-order valence-corrected chi connectivity index (χ1v) is 6.29. The molecule has 2 aromatic carbocycles. The first-order chi connectivity index (χ1) is 9.24. The summed E-state index contributed by atoms with van der Waals surface area (Å²) in [6.45, 7) is 2.52. The van der Waals surface area contributed by atoms with E-state index >= 15 is 0 Å². The van der Waals surface area contributed by atoms with Crippen LogP contribution in [0.25, 0.3) is 10.9 Å². The van der Waals surface area contributed by atoms with Gasteiger partial charge >= 0.3 is 0 Å². The highest BCUT2D eigenvalue weighted by atomic mass is 19.1. The van der Waals surface area contributed by atoms with Crippen molar-refractivity contribution in [3.63, 3.8) is 0 Å². The van der Waals surface area contributed by atoms with Crippen LogP contribution >= 0.6 is 0 Å². The van der Waals surface area contributed by atoms with Gasteiger partial charge < -0.3 is 10.3 Å². The fourth-order valence-corrected chi connectivity index (χ4v) is 2.26. The summed E-state index contributed by atoms with van der Waals surface area (Å²) in [6, 6.07) is 13.3. The summed E-state index contributed by atoms with van der Waals surface area (Å²) in [5.74, 6) is -0.206. The minimum absolute atomic E-state index is 0.206. The summed E-state index contributed by atoms with van der Waals surface area (Å²) in [5, 5.41) is 4.34. The van der Waals surface area contributed by atoms with E-state index in [-0.39, 0.29) is 5.82 Å². The van der Waals surface area contributed by atoms with E-state index in [0.717, 1.165) is 16.6 Å². The Kier molecular flexibility index (Phi) is 2.95. The number of benzene rings is 2. The molecule has 0 aliphatic heterocycles. The van der Waals surface area contributed by atoms with Crippen LogP contribution in [-0.2, 0) is 6.54 Å². The third-order valence-corrected chi connectivity index (χ3v) is 3.31. The van der Waals surface area contributed by atoms with E-state index in [0.29, 0.717) is 12.2 Å². The summed E-state index contributed by atoms with van der Waals surface area (Å²) in [6.07, 6.45) is 1.92. The molecule has 3 rings (SSSR count). The van der Waals surface area contributed by atoms with Gasteiger partial charge in [0.15, 0.2) is 0 Å². The second kappa shape index (κ2) is 4.76. The molecule has 0 radical (unpaired) electrons. The Bertz CT molecular complexity index is 695. The summed E-state index contributed by atoms with van der Waals surface area (Å²) >= 11 is 0. The van der Waals surface area contributed by atoms with Gasteiger partial charge in [0.25, 0.3) is 0 Å². The molecular formula is C16H15FN2. The number of rotatable bonds is 3. The third-order valence-electron chi connectivity index (χ3n) is 3.31. The van der Waals surface area contributed by atoms with Gasteiger partial charge in [0.05, 0.1) is 5.69 Å². The second-order valence-corrected chi connectivity index (χ2v) is 4.68. The number of aryl methyl sites for hydroxylation is 1. The smallest absolute Gasteiger partial charge is 0.146 e. The number of para-hydroxylation sites is 1. The number of H-pyrrole nitrogens is 1. The van der Waals surface area contributed by atoms with Crippen LogP contribution in [-0.4, -0.2) is 4.98 Å². The lowest BCUT2D eigenvalue weighted by molar-refractivity contribution is 0.629. The zero-order valence-electron chi connectivity index (χ0n) is 10.7. The number of hydrogen-bond acceptors (Lipinski definition) is 1. The van der Waals surface area contributed by atoms with E-state index in [2.05, 4.69) is 16.4 Å². The molecule has 0 aliphatic carbocycles. The molecule has 0 fully saturated rings. The Hall–Kier alpha value is -2.29. The number of anilines is 1. The molecule has 0 spiro atoms. The molecule has 2 nitrogen and oxygen atoms in total. The lowest BCUT2D eigenvalue weighted by Gasteiger charge is -2.10. The van der Waals surface area contributed by atoms with Crippen LogP contribution in [0.2, 0.25) is 0 Å². The molecular weight excluding hydrogens is 239 g/mol. The zero-order chi connectivity index (χ0) is 13.2. The number of halogens is 1. The van der Waals surface area contributed by atoms with Gasteiger partial charge in [0, 0.05) is 18.3 Å². The van der Waals surface area contributed by atoms with Gasteiger partial charge in [0.2, 0.25) is 0 Å². The van der Waals surface area contributed by atoms with Crippen LogP contribution in [0.4, 0.5) is 10.1 Å². The zero-order valence-corrected chi connectivity index (χ0v) is 10.7. The molecule has 0 atom stereocenters. The van der Waals surface area contributed by atoms with Crippen molar-refractivity contribution in [2.75, 3.05) is 5.32 Å². The Morgan fingerprint density at radius 3 is 2.89 bits per heavy atom. The van der Waals surface area contributed by atoms with Gasteiger partial charge in [-0.1, -0.05) is 18.2 Å². The van der Waals surface area contributed by atoms with Gasteiger partial charge in [0.1, 0.15) is 5.82 Å². The lowest BCUT2D eigenvalue weighted by atomic mass is 10.1. The van der Waals surface area contributed by atoms with Crippen LogP contribution in [0.5, 0.6) is 0 Å². The summed E-state index contributed by atoms with van der Waals surface area (Å²) < 4.78 is 13.7. The van der Waals surface area contributed by atoms with E-state index < -0.39 is 0 Å².